The molecular formula is C49H62F3N6O5Si+. The van der Waals surface area contributed by atoms with Crippen molar-refractivity contribution in [2.75, 3.05) is 40.1 Å². The van der Waals surface area contributed by atoms with Crippen LogP contribution in [0, 0.1) is 23.1 Å². The average molecular weight is 900 g/mol. The number of methoxy groups -OCH3 is 1. The zero-order valence-corrected chi connectivity index (χ0v) is 39.9. The number of pyridine rings is 1. The van der Waals surface area contributed by atoms with E-state index in [1.54, 1.807) is 23.1 Å². The lowest BCUT2D eigenvalue weighted by Gasteiger charge is -2.38. The van der Waals surface area contributed by atoms with Crippen molar-refractivity contribution in [1.82, 2.24) is 24.8 Å². The van der Waals surface area contributed by atoms with Crippen LogP contribution in [0.15, 0.2) is 30.5 Å². The van der Waals surface area contributed by atoms with Crippen LogP contribution in [0.2, 0.25) is 16.6 Å². The molecule has 4 aromatic rings. The highest BCUT2D eigenvalue weighted by molar-refractivity contribution is 6.90. The number of benzene rings is 2. The summed E-state index contributed by atoms with van der Waals surface area (Å²) < 4.78 is 74.4. The summed E-state index contributed by atoms with van der Waals surface area (Å²) in [5.74, 6) is 2.78. The number of aromatic nitrogens is 3. The molecule has 2 bridgehead atoms. The highest BCUT2D eigenvalue weighted by Crippen LogP contribution is 2.44. The number of carbonyl (C=O) groups is 1. The maximum Gasteiger partial charge on any atom is 0.434 e. The largest absolute Gasteiger partial charge is 0.468 e. The molecule has 0 aliphatic carbocycles. The fourth-order valence-electron chi connectivity index (χ4n) is 11.2. The monoisotopic (exact) mass is 899 g/mol. The SMILES string of the molecule is COCOc1cc(-c2ncc3c([N+]4=CC5CCC(C4)N5C(=O)OC(C)(C)C)nc(OC[C@@]45CCCN4C[C@H](F)C5)nc3c2F)c2c(C#C[Si](C(C)C)(C(C)C)C(C)C)c(F)ccc2c1. The fourth-order valence-corrected chi connectivity index (χ4v) is 16.4. The van der Waals surface area contributed by atoms with Gasteiger partial charge in [0.1, 0.15) is 61.2 Å². The number of amides is 1. The van der Waals surface area contributed by atoms with E-state index in [1.165, 1.54) is 19.4 Å². The number of alkyl halides is 1. The van der Waals surface area contributed by atoms with Gasteiger partial charge in [-0.1, -0.05) is 53.5 Å². The summed E-state index contributed by atoms with van der Waals surface area (Å²) >= 11 is 0. The maximum atomic E-state index is 17.9. The van der Waals surface area contributed by atoms with Gasteiger partial charge in [0.15, 0.2) is 12.6 Å². The van der Waals surface area contributed by atoms with E-state index in [0.717, 1.165) is 32.2 Å². The van der Waals surface area contributed by atoms with Crippen molar-refractivity contribution in [3.63, 3.8) is 0 Å². The van der Waals surface area contributed by atoms with Gasteiger partial charge in [-0.15, -0.1) is 5.54 Å². The van der Waals surface area contributed by atoms with Gasteiger partial charge in [0, 0.05) is 42.2 Å². The van der Waals surface area contributed by atoms with E-state index in [0.29, 0.717) is 63.9 Å². The zero-order chi connectivity index (χ0) is 45.9. The molecule has 0 saturated carbocycles. The predicted octanol–water partition coefficient (Wildman–Crippen LogP) is 10.1. The van der Waals surface area contributed by atoms with E-state index in [2.05, 4.69) is 57.9 Å². The van der Waals surface area contributed by atoms with Crippen LogP contribution in [0.1, 0.15) is 100.0 Å². The lowest BCUT2D eigenvalue weighted by atomic mass is 9.95. The van der Waals surface area contributed by atoms with Crippen molar-refractivity contribution >= 4 is 47.9 Å². The first-order valence-corrected chi connectivity index (χ1v) is 25.0. The minimum atomic E-state index is -2.33. The number of hydrogen-bond donors (Lipinski definition) is 0. The Hall–Kier alpha value is -4.78. The molecular weight excluding hydrogens is 838 g/mol. The summed E-state index contributed by atoms with van der Waals surface area (Å²) in [7, 11) is -0.822. The second-order valence-corrected chi connectivity index (χ2v) is 25.6. The molecule has 342 valence electrons. The molecule has 3 fully saturated rings. The van der Waals surface area contributed by atoms with Crippen LogP contribution < -0.4 is 9.47 Å². The highest BCUT2D eigenvalue weighted by atomic mass is 28.3. The van der Waals surface area contributed by atoms with Crippen molar-refractivity contribution in [3.8, 4) is 34.5 Å². The van der Waals surface area contributed by atoms with Gasteiger partial charge in [0.2, 0.25) is 0 Å². The number of rotatable bonds is 11. The molecule has 4 aliphatic rings. The van der Waals surface area contributed by atoms with E-state index in [4.69, 9.17) is 33.9 Å². The molecule has 2 unspecified atom stereocenters. The molecule has 0 N–H and O–H groups in total. The van der Waals surface area contributed by atoms with Crippen LogP contribution in [0.3, 0.4) is 0 Å². The summed E-state index contributed by atoms with van der Waals surface area (Å²) in [6.07, 6.45) is 5.61. The molecule has 6 heterocycles. The first-order valence-electron chi connectivity index (χ1n) is 22.8. The van der Waals surface area contributed by atoms with Crippen LogP contribution in [-0.2, 0) is 9.47 Å². The van der Waals surface area contributed by atoms with Crippen LogP contribution in [-0.4, -0.2) is 119 Å². The zero-order valence-electron chi connectivity index (χ0n) is 38.9. The Kier molecular flexibility index (Phi) is 12.6. The summed E-state index contributed by atoms with van der Waals surface area (Å²) in [6.45, 7) is 20.3. The number of halogens is 3. The third-order valence-corrected chi connectivity index (χ3v) is 20.3. The summed E-state index contributed by atoms with van der Waals surface area (Å²) in [4.78, 5) is 31.7. The first kappa shape index (κ1) is 45.8. The van der Waals surface area contributed by atoms with E-state index in [-0.39, 0.29) is 59.9 Å². The van der Waals surface area contributed by atoms with Gasteiger partial charge in [0.25, 0.3) is 0 Å². The third-order valence-electron chi connectivity index (χ3n) is 14.0. The Bertz CT molecular complexity index is 2530. The summed E-state index contributed by atoms with van der Waals surface area (Å²) in [6, 6.07) is 5.90. The lowest BCUT2D eigenvalue weighted by Crippen LogP contribution is -2.51. The second kappa shape index (κ2) is 17.5. The fraction of sp³-hybridized carbons (Fsp3) is 0.571. The van der Waals surface area contributed by atoms with E-state index in [9.17, 15) is 9.18 Å². The van der Waals surface area contributed by atoms with Crippen LogP contribution in [0.4, 0.5) is 23.8 Å². The van der Waals surface area contributed by atoms with Crippen LogP contribution in [0.5, 0.6) is 11.8 Å². The van der Waals surface area contributed by atoms with Gasteiger partial charge >= 0.3 is 17.9 Å². The number of nitrogens with zero attached hydrogens (tertiary/aromatic N) is 6. The number of hydrogen-bond acceptors (Lipinski definition) is 9. The Morgan fingerprint density at radius 3 is 2.48 bits per heavy atom. The Labute approximate surface area is 375 Å². The minimum Gasteiger partial charge on any atom is -0.468 e. The van der Waals surface area contributed by atoms with Gasteiger partial charge in [-0.2, -0.15) is 4.98 Å². The minimum absolute atomic E-state index is 0.0536. The molecule has 2 aromatic carbocycles. The van der Waals surface area contributed by atoms with Gasteiger partial charge < -0.3 is 18.9 Å². The van der Waals surface area contributed by atoms with E-state index in [1.807, 2.05) is 31.6 Å². The number of carbonyl (C=O) groups excluding carboxylic acids is 1. The van der Waals surface area contributed by atoms with Crippen LogP contribution >= 0.6 is 0 Å². The molecule has 64 heavy (non-hydrogen) atoms. The lowest BCUT2D eigenvalue weighted by molar-refractivity contribution is -0.452. The molecule has 1 amide bonds. The van der Waals surface area contributed by atoms with Crippen molar-refractivity contribution in [2.24, 2.45) is 0 Å². The molecule has 3 saturated heterocycles. The first-order chi connectivity index (χ1) is 30.4. The number of fused-ring (bicyclic) bond motifs is 5. The Balaban J connectivity index is 1.31. The predicted molar refractivity (Wildman–Crippen MR) is 245 cm³/mol. The molecule has 4 atom stereocenters. The molecule has 2 aromatic heterocycles. The molecule has 8 rings (SSSR count). The van der Waals surface area contributed by atoms with Gasteiger partial charge in [-0.25, -0.2) is 22.5 Å². The van der Waals surface area contributed by atoms with Crippen molar-refractivity contribution in [1.29, 1.82) is 0 Å². The van der Waals surface area contributed by atoms with Gasteiger partial charge in [-0.05, 0) is 93.2 Å². The standard InChI is InChI=1S/C49H62F3N6O5Si/c1-29(2)64(30(3)4,31(5)6)19-16-37-40(51)15-12-32-20-36(62-28-60-10)21-38(41(32)37)43-42(52)44-39(23-53-43)45(55-46(54-44)61-27-49-17-11-18-57(49)24-33(50)22-49)56-25-34-13-14-35(26-56)58(34)47(59)63-48(7,8)9/h12,15,20-21,23,25,29-31,33-35H,11,13-14,17-18,22,24,26-28H2,1-10H3/q+1/t33-,34?,35?,49+/m1/s1. The molecule has 0 radical (unpaired) electrons. The molecule has 0 spiro atoms. The van der Waals surface area contributed by atoms with Gasteiger partial charge in [0.05, 0.1) is 29.4 Å². The van der Waals surface area contributed by atoms with Crippen LogP contribution in [0.25, 0.3) is 32.9 Å². The van der Waals surface area contributed by atoms with Crippen molar-refractivity contribution < 1.29 is 41.5 Å². The third kappa shape index (κ3) is 8.34. The number of ether oxygens (including phenoxy) is 4. The summed E-state index contributed by atoms with van der Waals surface area (Å²) in [5.41, 5.74) is 3.70. The Morgan fingerprint density at radius 2 is 1.80 bits per heavy atom. The molecule has 15 heteroatoms. The van der Waals surface area contributed by atoms with Gasteiger partial charge in [-0.3, -0.25) is 14.8 Å². The normalized spacial score (nSPS) is 22.4. The summed E-state index contributed by atoms with van der Waals surface area (Å²) in [5, 5.41) is 1.31. The smallest absolute Gasteiger partial charge is 0.434 e. The van der Waals surface area contributed by atoms with Crippen molar-refractivity contribution in [3.05, 3.63) is 47.7 Å². The highest BCUT2D eigenvalue weighted by Gasteiger charge is 2.50. The molecule has 11 nitrogen and oxygen atoms in total. The maximum absolute atomic E-state index is 17.9. The molecule has 4 aliphatic heterocycles. The average Bonchev–Trinajstić information content (AvgIpc) is 3.85. The van der Waals surface area contributed by atoms with Crippen molar-refractivity contribution in [2.45, 2.75) is 140 Å². The quantitative estimate of drug-likeness (QED) is 0.0630. The second-order valence-electron chi connectivity index (χ2n) is 20.1. The topological polar surface area (TPSA) is 102 Å². The van der Waals surface area contributed by atoms with E-state index < -0.39 is 37.0 Å². The van der Waals surface area contributed by atoms with E-state index >= 15 is 8.78 Å². The Morgan fingerprint density at radius 1 is 1.05 bits per heavy atom.